The second kappa shape index (κ2) is 10.6. The van der Waals surface area contributed by atoms with Crippen LogP contribution >= 0.6 is 11.8 Å². The Hall–Kier alpha value is -2.84. The molecule has 0 atom stereocenters. The average molecular weight is 413 g/mol. The van der Waals surface area contributed by atoms with Crippen LogP contribution in [0.2, 0.25) is 0 Å². The Labute approximate surface area is 174 Å². The highest BCUT2D eigenvalue weighted by molar-refractivity contribution is 7.99. The van der Waals surface area contributed by atoms with Crippen molar-refractivity contribution in [3.63, 3.8) is 0 Å². The molecule has 0 fully saturated rings. The first-order valence-corrected chi connectivity index (χ1v) is 10.3. The minimum atomic E-state index is -0.0745. The van der Waals surface area contributed by atoms with Crippen molar-refractivity contribution in [1.29, 1.82) is 0 Å². The van der Waals surface area contributed by atoms with Crippen LogP contribution in [-0.4, -0.2) is 53.3 Å². The van der Waals surface area contributed by atoms with Crippen LogP contribution in [0.1, 0.15) is 6.92 Å². The number of carbonyl (C=O) groups excluding carboxylic acids is 1. The van der Waals surface area contributed by atoms with Crippen molar-refractivity contribution < 1.29 is 14.3 Å². The molecule has 7 nitrogen and oxygen atoms in total. The van der Waals surface area contributed by atoms with Crippen LogP contribution in [0.3, 0.4) is 0 Å². The number of amides is 1. The molecule has 1 N–H and O–H groups in total. The zero-order valence-corrected chi connectivity index (χ0v) is 17.3. The average Bonchev–Trinajstić information content (AvgIpc) is 3.18. The molecule has 8 heteroatoms. The van der Waals surface area contributed by atoms with Gasteiger partial charge in [0.2, 0.25) is 5.91 Å². The van der Waals surface area contributed by atoms with Gasteiger partial charge in [-0.3, -0.25) is 9.36 Å². The number of rotatable bonds is 10. The number of hydrogen-bond acceptors (Lipinski definition) is 6. The van der Waals surface area contributed by atoms with Crippen molar-refractivity contribution in [2.24, 2.45) is 0 Å². The van der Waals surface area contributed by atoms with Crippen molar-refractivity contribution in [3.8, 4) is 22.8 Å². The second-order valence-electron chi connectivity index (χ2n) is 6.07. The van der Waals surface area contributed by atoms with Gasteiger partial charge in [0.25, 0.3) is 0 Å². The molecule has 2 aromatic carbocycles. The van der Waals surface area contributed by atoms with E-state index in [1.807, 2.05) is 66.1 Å². The fraction of sp³-hybridized carbons (Fsp3) is 0.286. The lowest BCUT2D eigenvalue weighted by molar-refractivity contribution is -0.118. The SMILES string of the molecule is CCOc1ccc(-n2c(SCC(=O)NCCOC)nnc2-c2ccccc2)cc1. The number of carbonyl (C=O) groups is 1. The van der Waals surface area contributed by atoms with Crippen LogP contribution in [0, 0.1) is 0 Å². The number of nitrogens with zero attached hydrogens (tertiary/aromatic N) is 3. The third-order valence-corrected chi connectivity index (χ3v) is 4.96. The third-order valence-electron chi connectivity index (χ3n) is 4.03. The molecule has 1 heterocycles. The van der Waals surface area contributed by atoms with Gasteiger partial charge < -0.3 is 14.8 Å². The molecule has 0 saturated carbocycles. The molecule has 29 heavy (non-hydrogen) atoms. The fourth-order valence-electron chi connectivity index (χ4n) is 2.70. The maximum atomic E-state index is 12.1. The quantitative estimate of drug-likeness (QED) is 0.407. The summed E-state index contributed by atoms with van der Waals surface area (Å²) in [4.78, 5) is 12.1. The van der Waals surface area contributed by atoms with Gasteiger partial charge in [0.05, 0.1) is 19.0 Å². The van der Waals surface area contributed by atoms with Crippen LogP contribution in [0.5, 0.6) is 5.75 Å². The summed E-state index contributed by atoms with van der Waals surface area (Å²) in [6, 6.07) is 17.6. The van der Waals surface area contributed by atoms with E-state index in [0.29, 0.717) is 24.9 Å². The summed E-state index contributed by atoms with van der Waals surface area (Å²) >= 11 is 1.34. The molecule has 1 aromatic heterocycles. The number of hydrogen-bond donors (Lipinski definition) is 1. The minimum absolute atomic E-state index is 0.0745. The van der Waals surface area contributed by atoms with Crippen LogP contribution in [-0.2, 0) is 9.53 Å². The highest BCUT2D eigenvalue weighted by Crippen LogP contribution is 2.28. The van der Waals surface area contributed by atoms with Crippen molar-refractivity contribution in [3.05, 3.63) is 54.6 Å². The minimum Gasteiger partial charge on any atom is -0.494 e. The van der Waals surface area contributed by atoms with E-state index in [2.05, 4.69) is 15.5 Å². The van der Waals surface area contributed by atoms with E-state index < -0.39 is 0 Å². The summed E-state index contributed by atoms with van der Waals surface area (Å²) in [5.41, 5.74) is 1.85. The van der Waals surface area contributed by atoms with Crippen molar-refractivity contribution >= 4 is 17.7 Å². The van der Waals surface area contributed by atoms with Gasteiger partial charge >= 0.3 is 0 Å². The van der Waals surface area contributed by atoms with Gasteiger partial charge in [-0.25, -0.2) is 0 Å². The van der Waals surface area contributed by atoms with Gasteiger partial charge in [0, 0.05) is 24.9 Å². The van der Waals surface area contributed by atoms with E-state index in [9.17, 15) is 4.79 Å². The molecular formula is C21H24N4O3S. The Bertz CT molecular complexity index is 913. The summed E-state index contributed by atoms with van der Waals surface area (Å²) in [5.74, 6) is 1.69. The number of thioether (sulfide) groups is 1. The van der Waals surface area contributed by atoms with Gasteiger partial charge in [0.15, 0.2) is 11.0 Å². The molecule has 0 saturated heterocycles. The van der Waals surface area contributed by atoms with Crippen molar-refractivity contribution in [2.75, 3.05) is 32.6 Å². The molecule has 1 amide bonds. The summed E-state index contributed by atoms with van der Waals surface area (Å²) in [6.45, 7) is 3.53. The fourth-order valence-corrected chi connectivity index (χ4v) is 3.48. The standard InChI is InChI=1S/C21H24N4O3S/c1-3-28-18-11-9-17(10-12-18)25-20(16-7-5-4-6-8-16)23-24-21(25)29-15-19(26)22-13-14-27-2/h4-12H,3,13-15H2,1-2H3,(H,22,26). The molecule has 0 spiro atoms. The molecule has 0 unspecified atom stereocenters. The zero-order valence-electron chi connectivity index (χ0n) is 16.5. The Kier molecular flexibility index (Phi) is 7.66. The third kappa shape index (κ3) is 5.58. The molecule has 0 radical (unpaired) electrons. The predicted octanol–water partition coefficient (Wildman–Crippen LogP) is 3.19. The topological polar surface area (TPSA) is 78.3 Å². The highest BCUT2D eigenvalue weighted by atomic mass is 32.2. The molecule has 3 rings (SSSR count). The lowest BCUT2D eigenvalue weighted by Gasteiger charge is -2.11. The molecule has 3 aromatic rings. The lowest BCUT2D eigenvalue weighted by atomic mass is 10.2. The summed E-state index contributed by atoms with van der Waals surface area (Å²) in [6.07, 6.45) is 0. The molecule has 0 aliphatic carbocycles. The summed E-state index contributed by atoms with van der Waals surface area (Å²) in [5, 5.41) is 12.2. The van der Waals surface area contributed by atoms with Gasteiger partial charge in [-0.15, -0.1) is 10.2 Å². The lowest BCUT2D eigenvalue weighted by Crippen LogP contribution is -2.28. The number of benzene rings is 2. The van der Waals surface area contributed by atoms with Gasteiger partial charge in [-0.2, -0.15) is 0 Å². The Morgan fingerprint density at radius 1 is 1.10 bits per heavy atom. The van der Waals surface area contributed by atoms with Crippen molar-refractivity contribution in [1.82, 2.24) is 20.1 Å². The van der Waals surface area contributed by atoms with E-state index >= 15 is 0 Å². The largest absolute Gasteiger partial charge is 0.494 e. The number of methoxy groups -OCH3 is 1. The Balaban J connectivity index is 1.86. The molecule has 0 bridgehead atoms. The highest BCUT2D eigenvalue weighted by Gasteiger charge is 2.17. The molecule has 0 aliphatic heterocycles. The number of aromatic nitrogens is 3. The van der Waals surface area contributed by atoms with Crippen LogP contribution in [0.15, 0.2) is 59.8 Å². The first kappa shape index (κ1) is 20.9. The van der Waals surface area contributed by atoms with Gasteiger partial charge in [-0.05, 0) is 31.2 Å². The molecule has 152 valence electrons. The van der Waals surface area contributed by atoms with E-state index in [1.54, 1.807) is 7.11 Å². The maximum absolute atomic E-state index is 12.1. The van der Waals surface area contributed by atoms with E-state index in [0.717, 1.165) is 22.8 Å². The monoisotopic (exact) mass is 412 g/mol. The van der Waals surface area contributed by atoms with Crippen molar-refractivity contribution in [2.45, 2.75) is 12.1 Å². The summed E-state index contributed by atoms with van der Waals surface area (Å²) in [7, 11) is 1.60. The Morgan fingerprint density at radius 3 is 2.55 bits per heavy atom. The maximum Gasteiger partial charge on any atom is 0.230 e. The van der Waals surface area contributed by atoms with Crippen LogP contribution in [0.25, 0.3) is 17.1 Å². The first-order valence-electron chi connectivity index (χ1n) is 9.35. The van der Waals surface area contributed by atoms with Gasteiger partial charge in [0.1, 0.15) is 5.75 Å². The second-order valence-corrected chi connectivity index (χ2v) is 7.01. The van der Waals surface area contributed by atoms with E-state index in [1.165, 1.54) is 11.8 Å². The summed E-state index contributed by atoms with van der Waals surface area (Å²) < 4.78 is 12.4. The molecule has 0 aliphatic rings. The normalized spacial score (nSPS) is 10.7. The van der Waals surface area contributed by atoms with E-state index in [4.69, 9.17) is 9.47 Å². The van der Waals surface area contributed by atoms with E-state index in [-0.39, 0.29) is 11.7 Å². The van der Waals surface area contributed by atoms with Gasteiger partial charge in [-0.1, -0.05) is 42.1 Å². The van der Waals surface area contributed by atoms with Crippen LogP contribution in [0.4, 0.5) is 0 Å². The molecular weight excluding hydrogens is 388 g/mol. The van der Waals surface area contributed by atoms with Crippen LogP contribution < -0.4 is 10.1 Å². The predicted molar refractivity (Wildman–Crippen MR) is 114 cm³/mol. The first-order chi connectivity index (χ1) is 14.2. The number of nitrogens with one attached hydrogen (secondary N) is 1. The Morgan fingerprint density at radius 2 is 1.86 bits per heavy atom. The zero-order chi connectivity index (χ0) is 20.5. The number of ether oxygens (including phenoxy) is 2. The smallest absolute Gasteiger partial charge is 0.230 e.